The lowest BCUT2D eigenvalue weighted by atomic mass is 9.97. The van der Waals surface area contributed by atoms with E-state index in [0.29, 0.717) is 13.1 Å². The zero-order valence-electron chi connectivity index (χ0n) is 14.5. The molecule has 134 valence electrons. The Hall–Kier alpha value is -1.59. The Labute approximate surface area is 150 Å². The molecule has 2 N–H and O–H groups in total. The standard InChI is InChI=1S/C18H27N3O2.ClH/c1-3-12-21(18(23)15-8-7-11-19-13-15)14(2)17(22)20-16-9-5-4-6-10-16;/h4-6,9-10,14-15,19H,3,7-8,11-13H2,1-2H3,(H,20,22);1H. The van der Waals surface area contributed by atoms with E-state index in [2.05, 4.69) is 10.6 Å². The lowest BCUT2D eigenvalue weighted by Gasteiger charge is -2.33. The third-order valence-electron chi connectivity index (χ3n) is 4.28. The molecule has 0 spiro atoms. The predicted octanol–water partition coefficient (Wildman–Crippen LogP) is 2.67. The number of nitrogens with zero attached hydrogens (tertiary/aromatic N) is 1. The van der Waals surface area contributed by atoms with Gasteiger partial charge in [0.2, 0.25) is 11.8 Å². The normalized spacial score (nSPS) is 18.2. The van der Waals surface area contributed by atoms with Gasteiger partial charge in [0.1, 0.15) is 6.04 Å². The van der Waals surface area contributed by atoms with E-state index in [1.54, 1.807) is 4.90 Å². The summed E-state index contributed by atoms with van der Waals surface area (Å²) in [5.74, 6) is -0.0567. The second kappa shape index (κ2) is 10.3. The Morgan fingerprint density at radius 2 is 2.04 bits per heavy atom. The number of para-hydroxylation sites is 1. The highest BCUT2D eigenvalue weighted by atomic mass is 35.5. The Morgan fingerprint density at radius 1 is 1.33 bits per heavy atom. The molecule has 0 radical (unpaired) electrons. The topological polar surface area (TPSA) is 61.4 Å². The second-order valence-electron chi connectivity index (χ2n) is 6.11. The van der Waals surface area contributed by atoms with Crippen molar-refractivity contribution in [2.24, 2.45) is 5.92 Å². The maximum atomic E-state index is 12.8. The van der Waals surface area contributed by atoms with Gasteiger partial charge in [0, 0.05) is 18.8 Å². The molecular formula is C18H28ClN3O2. The summed E-state index contributed by atoms with van der Waals surface area (Å²) in [4.78, 5) is 27.0. The summed E-state index contributed by atoms with van der Waals surface area (Å²) in [5.41, 5.74) is 0.757. The van der Waals surface area contributed by atoms with E-state index in [1.165, 1.54) is 0 Å². The van der Waals surface area contributed by atoms with E-state index in [4.69, 9.17) is 0 Å². The van der Waals surface area contributed by atoms with Crippen LogP contribution in [0.3, 0.4) is 0 Å². The van der Waals surface area contributed by atoms with Gasteiger partial charge in [-0.05, 0) is 44.9 Å². The summed E-state index contributed by atoms with van der Waals surface area (Å²) in [7, 11) is 0. The second-order valence-corrected chi connectivity index (χ2v) is 6.11. The Balaban J connectivity index is 0.00000288. The number of carbonyl (C=O) groups excluding carboxylic acids is 2. The number of amides is 2. The number of hydrogen-bond donors (Lipinski definition) is 2. The zero-order valence-corrected chi connectivity index (χ0v) is 15.3. The highest BCUT2D eigenvalue weighted by Gasteiger charge is 2.31. The Morgan fingerprint density at radius 3 is 2.62 bits per heavy atom. The number of hydrogen-bond acceptors (Lipinski definition) is 3. The van der Waals surface area contributed by atoms with Crippen LogP contribution in [-0.2, 0) is 9.59 Å². The van der Waals surface area contributed by atoms with Crippen molar-refractivity contribution in [1.82, 2.24) is 10.2 Å². The molecule has 1 saturated heterocycles. The van der Waals surface area contributed by atoms with Crippen LogP contribution < -0.4 is 10.6 Å². The first-order chi connectivity index (χ1) is 11.1. The number of halogens is 1. The lowest BCUT2D eigenvalue weighted by Crippen LogP contribution is -2.50. The van der Waals surface area contributed by atoms with Crippen LogP contribution >= 0.6 is 12.4 Å². The summed E-state index contributed by atoms with van der Waals surface area (Å²) in [6.07, 6.45) is 2.76. The van der Waals surface area contributed by atoms with Crippen LogP contribution in [-0.4, -0.2) is 42.4 Å². The van der Waals surface area contributed by atoms with Crippen molar-refractivity contribution in [1.29, 1.82) is 0 Å². The van der Waals surface area contributed by atoms with Gasteiger partial charge in [-0.15, -0.1) is 12.4 Å². The number of piperidine rings is 1. The van der Waals surface area contributed by atoms with Crippen molar-refractivity contribution in [2.45, 2.75) is 39.2 Å². The highest BCUT2D eigenvalue weighted by molar-refractivity contribution is 5.97. The molecule has 6 heteroatoms. The predicted molar refractivity (Wildman–Crippen MR) is 99.4 cm³/mol. The van der Waals surface area contributed by atoms with Crippen LogP contribution in [0.2, 0.25) is 0 Å². The van der Waals surface area contributed by atoms with Gasteiger partial charge in [0.05, 0.1) is 5.92 Å². The molecule has 0 aliphatic carbocycles. The van der Waals surface area contributed by atoms with Crippen molar-refractivity contribution in [3.05, 3.63) is 30.3 Å². The molecule has 2 rings (SSSR count). The van der Waals surface area contributed by atoms with E-state index in [1.807, 2.05) is 44.2 Å². The minimum Gasteiger partial charge on any atom is -0.331 e. The molecule has 1 fully saturated rings. The number of carbonyl (C=O) groups is 2. The highest BCUT2D eigenvalue weighted by Crippen LogP contribution is 2.17. The summed E-state index contributed by atoms with van der Waals surface area (Å²) >= 11 is 0. The van der Waals surface area contributed by atoms with E-state index in [0.717, 1.165) is 31.5 Å². The number of nitrogens with one attached hydrogen (secondary N) is 2. The lowest BCUT2D eigenvalue weighted by molar-refractivity contribution is -0.142. The van der Waals surface area contributed by atoms with Gasteiger partial charge in [0.15, 0.2) is 0 Å². The average molecular weight is 354 g/mol. The SMILES string of the molecule is CCCN(C(=O)C1CCCNC1)C(C)C(=O)Nc1ccccc1.Cl. The molecule has 0 saturated carbocycles. The van der Waals surface area contributed by atoms with Gasteiger partial charge >= 0.3 is 0 Å². The van der Waals surface area contributed by atoms with Gasteiger partial charge in [-0.1, -0.05) is 25.1 Å². The fourth-order valence-corrected chi connectivity index (χ4v) is 2.94. The molecule has 1 heterocycles. The molecule has 2 amide bonds. The van der Waals surface area contributed by atoms with Gasteiger partial charge < -0.3 is 15.5 Å². The first-order valence-corrected chi connectivity index (χ1v) is 8.50. The molecule has 24 heavy (non-hydrogen) atoms. The van der Waals surface area contributed by atoms with Crippen LogP contribution in [0.1, 0.15) is 33.1 Å². The van der Waals surface area contributed by atoms with Gasteiger partial charge in [0.25, 0.3) is 0 Å². The molecule has 1 aliphatic heterocycles. The fraction of sp³-hybridized carbons (Fsp3) is 0.556. The van der Waals surface area contributed by atoms with Gasteiger partial charge in [-0.2, -0.15) is 0 Å². The monoisotopic (exact) mass is 353 g/mol. The number of benzene rings is 1. The van der Waals surface area contributed by atoms with Crippen LogP contribution in [0.25, 0.3) is 0 Å². The van der Waals surface area contributed by atoms with E-state index in [9.17, 15) is 9.59 Å². The van der Waals surface area contributed by atoms with Crippen LogP contribution in [0, 0.1) is 5.92 Å². The largest absolute Gasteiger partial charge is 0.331 e. The zero-order chi connectivity index (χ0) is 16.7. The summed E-state index contributed by atoms with van der Waals surface area (Å²) < 4.78 is 0. The van der Waals surface area contributed by atoms with Crippen molar-refractivity contribution < 1.29 is 9.59 Å². The summed E-state index contributed by atoms with van der Waals surface area (Å²) in [6.45, 7) is 6.13. The quantitative estimate of drug-likeness (QED) is 0.826. The van der Waals surface area contributed by atoms with Crippen molar-refractivity contribution >= 4 is 29.9 Å². The van der Waals surface area contributed by atoms with Gasteiger partial charge in [-0.3, -0.25) is 9.59 Å². The first kappa shape index (κ1) is 20.5. The van der Waals surface area contributed by atoms with Crippen LogP contribution in [0.15, 0.2) is 30.3 Å². The average Bonchev–Trinajstić information content (AvgIpc) is 2.60. The molecule has 1 aromatic rings. The van der Waals surface area contributed by atoms with Crippen LogP contribution in [0.5, 0.6) is 0 Å². The third-order valence-corrected chi connectivity index (χ3v) is 4.28. The molecule has 2 unspecified atom stereocenters. The summed E-state index contributed by atoms with van der Waals surface area (Å²) in [6, 6.07) is 8.89. The minimum atomic E-state index is -0.468. The smallest absolute Gasteiger partial charge is 0.246 e. The molecule has 1 aromatic carbocycles. The summed E-state index contributed by atoms with van der Waals surface area (Å²) in [5, 5.41) is 6.16. The molecule has 0 bridgehead atoms. The fourth-order valence-electron chi connectivity index (χ4n) is 2.94. The van der Waals surface area contributed by atoms with Crippen molar-refractivity contribution in [2.75, 3.05) is 25.0 Å². The van der Waals surface area contributed by atoms with E-state index >= 15 is 0 Å². The van der Waals surface area contributed by atoms with Crippen molar-refractivity contribution in [3.63, 3.8) is 0 Å². The molecular weight excluding hydrogens is 326 g/mol. The Bertz CT molecular complexity index is 518. The molecule has 5 nitrogen and oxygen atoms in total. The van der Waals surface area contributed by atoms with Crippen molar-refractivity contribution in [3.8, 4) is 0 Å². The maximum Gasteiger partial charge on any atom is 0.246 e. The molecule has 2 atom stereocenters. The molecule has 1 aliphatic rings. The number of anilines is 1. The van der Waals surface area contributed by atoms with Crippen LogP contribution in [0.4, 0.5) is 5.69 Å². The van der Waals surface area contributed by atoms with Gasteiger partial charge in [-0.25, -0.2) is 0 Å². The maximum absolute atomic E-state index is 12.8. The first-order valence-electron chi connectivity index (χ1n) is 8.50. The minimum absolute atomic E-state index is 0. The molecule has 0 aromatic heterocycles. The van der Waals surface area contributed by atoms with E-state index < -0.39 is 6.04 Å². The number of rotatable bonds is 6. The Kier molecular flexibility index (Phi) is 8.79. The van der Waals surface area contributed by atoms with E-state index in [-0.39, 0.29) is 30.1 Å². The third kappa shape index (κ3) is 5.49.